The summed E-state index contributed by atoms with van der Waals surface area (Å²) in [5.41, 5.74) is 2.46. The van der Waals surface area contributed by atoms with E-state index in [2.05, 4.69) is 15.2 Å². The SMILES string of the molecule is O=C(c1ccccc1Nc1ccccc1)N1CCN(c2cccc(Cl)n2)CC1. The first-order valence-corrected chi connectivity index (χ1v) is 9.66. The molecule has 5 nitrogen and oxygen atoms in total. The van der Waals surface area contributed by atoms with Gasteiger partial charge < -0.3 is 15.1 Å². The lowest BCUT2D eigenvalue weighted by Crippen LogP contribution is -2.49. The average molecular weight is 393 g/mol. The maximum Gasteiger partial charge on any atom is 0.256 e. The Morgan fingerprint density at radius 1 is 0.857 bits per heavy atom. The second-order valence-corrected chi connectivity index (χ2v) is 7.02. The molecule has 1 N–H and O–H groups in total. The van der Waals surface area contributed by atoms with Crippen LogP contribution in [0, 0.1) is 0 Å². The molecule has 28 heavy (non-hydrogen) atoms. The zero-order valence-corrected chi connectivity index (χ0v) is 16.1. The molecule has 1 aliphatic heterocycles. The van der Waals surface area contributed by atoms with Crippen molar-refractivity contribution in [2.75, 3.05) is 36.4 Å². The van der Waals surface area contributed by atoms with Crippen LogP contribution in [0.1, 0.15) is 10.4 Å². The highest BCUT2D eigenvalue weighted by atomic mass is 35.5. The Morgan fingerprint density at radius 2 is 1.57 bits per heavy atom. The second-order valence-electron chi connectivity index (χ2n) is 6.63. The van der Waals surface area contributed by atoms with Crippen LogP contribution < -0.4 is 10.2 Å². The normalized spacial score (nSPS) is 14.0. The smallest absolute Gasteiger partial charge is 0.256 e. The molecule has 4 rings (SSSR count). The number of anilines is 3. The molecule has 0 aliphatic carbocycles. The van der Waals surface area contributed by atoms with E-state index in [-0.39, 0.29) is 5.91 Å². The summed E-state index contributed by atoms with van der Waals surface area (Å²) in [5, 5.41) is 3.83. The van der Waals surface area contributed by atoms with E-state index in [1.165, 1.54) is 0 Å². The fourth-order valence-electron chi connectivity index (χ4n) is 3.34. The van der Waals surface area contributed by atoms with E-state index in [0.29, 0.717) is 23.8 Å². The number of benzene rings is 2. The molecular formula is C22H21ClN4O. The van der Waals surface area contributed by atoms with Crippen LogP contribution in [0.15, 0.2) is 72.8 Å². The molecule has 6 heteroatoms. The number of hydrogen-bond acceptors (Lipinski definition) is 4. The lowest BCUT2D eigenvalue weighted by Gasteiger charge is -2.35. The standard InChI is InChI=1S/C22H21ClN4O/c23-20-11-6-12-21(25-20)26-13-15-27(16-14-26)22(28)18-9-4-5-10-19(18)24-17-7-2-1-3-8-17/h1-12,24H,13-16H2. The molecule has 0 bridgehead atoms. The van der Waals surface area contributed by atoms with Crippen LogP contribution in [0.5, 0.6) is 0 Å². The van der Waals surface area contributed by atoms with Crippen LogP contribution in [0.25, 0.3) is 0 Å². The predicted molar refractivity (Wildman–Crippen MR) is 114 cm³/mol. The number of amides is 1. The van der Waals surface area contributed by atoms with Crippen molar-refractivity contribution in [3.05, 3.63) is 83.5 Å². The molecular weight excluding hydrogens is 372 g/mol. The summed E-state index contributed by atoms with van der Waals surface area (Å²) in [4.78, 5) is 21.6. The number of carbonyl (C=O) groups excluding carboxylic acids is 1. The first-order valence-electron chi connectivity index (χ1n) is 9.28. The van der Waals surface area contributed by atoms with Crippen molar-refractivity contribution >= 4 is 34.7 Å². The molecule has 1 saturated heterocycles. The second kappa shape index (κ2) is 8.31. The Kier molecular flexibility index (Phi) is 5.44. The molecule has 0 saturated carbocycles. The highest BCUT2D eigenvalue weighted by Gasteiger charge is 2.24. The van der Waals surface area contributed by atoms with E-state index < -0.39 is 0 Å². The lowest BCUT2D eigenvalue weighted by molar-refractivity contribution is 0.0747. The minimum Gasteiger partial charge on any atom is -0.355 e. The van der Waals surface area contributed by atoms with Gasteiger partial charge in [0.1, 0.15) is 11.0 Å². The van der Waals surface area contributed by atoms with Gasteiger partial charge in [0.25, 0.3) is 5.91 Å². The van der Waals surface area contributed by atoms with Gasteiger partial charge in [-0.15, -0.1) is 0 Å². The van der Waals surface area contributed by atoms with Gasteiger partial charge >= 0.3 is 0 Å². The summed E-state index contributed by atoms with van der Waals surface area (Å²) in [6.07, 6.45) is 0. The Balaban J connectivity index is 1.46. The molecule has 1 aromatic heterocycles. The number of pyridine rings is 1. The van der Waals surface area contributed by atoms with Crippen molar-refractivity contribution < 1.29 is 4.79 Å². The molecule has 1 aliphatic rings. The van der Waals surface area contributed by atoms with Crippen LogP contribution in [-0.2, 0) is 0 Å². The van der Waals surface area contributed by atoms with Gasteiger partial charge in [-0.25, -0.2) is 4.98 Å². The third-order valence-electron chi connectivity index (χ3n) is 4.80. The van der Waals surface area contributed by atoms with Crippen LogP contribution in [-0.4, -0.2) is 42.0 Å². The number of halogens is 1. The van der Waals surface area contributed by atoms with Crippen LogP contribution >= 0.6 is 11.6 Å². The van der Waals surface area contributed by atoms with Crippen LogP contribution in [0.3, 0.4) is 0 Å². The summed E-state index contributed by atoms with van der Waals surface area (Å²) < 4.78 is 0. The number of rotatable bonds is 4. The zero-order valence-electron chi connectivity index (χ0n) is 15.4. The van der Waals surface area contributed by atoms with E-state index in [9.17, 15) is 4.79 Å². The third kappa shape index (κ3) is 4.10. The van der Waals surface area contributed by atoms with Gasteiger partial charge in [-0.3, -0.25) is 4.79 Å². The molecule has 0 radical (unpaired) electrons. The Labute approximate surface area is 169 Å². The molecule has 2 heterocycles. The minimum atomic E-state index is 0.0396. The number of carbonyl (C=O) groups is 1. The first kappa shape index (κ1) is 18.3. The van der Waals surface area contributed by atoms with E-state index in [1.807, 2.05) is 71.6 Å². The quantitative estimate of drug-likeness (QED) is 0.667. The number of nitrogens with zero attached hydrogens (tertiary/aromatic N) is 3. The van der Waals surface area contributed by atoms with Crippen molar-refractivity contribution in [2.24, 2.45) is 0 Å². The molecule has 142 valence electrons. The van der Waals surface area contributed by atoms with E-state index in [4.69, 9.17) is 11.6 Å². The number of nitrogens with one attached hydrogen (secondary N) is 1. The lowest BCUT2D eigenvalue weighted by atomic mass is 10.1. The summed E-state index contributed by atoms with van der Waals surface area (Å²) in [7, 11) is 0. The first-order chi connectivity index (χ1) is 13.7. The number of aromatic nitrogens is 1. The molecule has 0 atom stereocenters. The summed E-state index contributed by atoms with van der Waals surface area (Å²) in [6.45, 7) is 2.75. The van der Waals surface area contributed by atoms with E-state index in [1.54, 1.807) is 6.07 Å². The van der Waals surface area contributed by atoms with Gasteiger partial charge in [-0.1, -0.05) is 48.0 Å². The topological polar surface area (TPSA) is 48.5 Å². The number of hydrogen-bond donors (Lipinski definition) is 1. The molecule has 1 fully saturated rings. The minimum absolute atomic E-state index is 0.0396. The third-order valence-corrected chi connectivity index (χ3v) is 5.01. The van der Waals surface area contributed by atoms with Crippen molar-refractivity contribution in [2.45, 2.75) is 0 Å². The van der Waals surface area contributed by atoms with E-state index in [0.717, 1.165) is 30.3 Å². The average Bonchev–Trinajstić information content (AvgIpc) is 2.74. The van der Waals surface area contributed by atoms with Gasteiger partial charge in [-0.2, -0.15) is 0 Å². The van der Waals surface area contributed by atoms with Crippen molar-refractivity contribution in [3.63, 3.8) is 0 Å². The summed E-state index contributed by atoms with van der Waals surface area (Å²) in [5.74, 6) is 0.892. The van der Waals surface area contributed by atoms with Gasteiger partial charge in [-0.05, 0) is 36.4 Å². The van der Waals surface area contributed by atoms with Crippen molar-refractivity contribution in [1.29, 1.82) is 0 Å². The molecule has 3 aromatic rings. The molecule has 2 aromatic carbocycles. The van der Waals surface area contributed by atoms with E-state index >= 15 is 0 Å². The molecule has 0 unspecified atom stereocenters. The van der Waals surface area contributed by atoms with Crippen LogP contribution in [0.4, 0.5) is 17.2 Å². The maximum atomic E-state index is 13.1. The monoisotopic (exact) mass is 392 g/mol. The Bertz CT molecular complexity index is 956. The van der Waals surface area contributed by atoms with Crippen LogP contribution in [0.2, 0.25) is 5.15 Å². The van der Waals surface area contributed by atoms with Crippen molar-refractivity contribution in [3.8, 4) is 0 Å². The summed E-state index contributed by atoms with van der Waals surface area (Å²) in [6, 6.07) is 23.1. The van der Waals surface area contributed by atoms with Gasteiger partial charge in [0.2, 0.25) is 0 Å². The Morgan fingerprint density at radius 3 is 2.32 bits per heavy atom. The Hall–Kier alpha value is -3.05. The van der Waals surface area contributed by atoms with Gasteiger partial charge in [0, 0.05) is 31.9 Å². The summed E-state index contributed by atoms with van der Waals surface area (Å²) >= 11 is 6.00. The fraction of sp³-hybridized carbons (Fsp3) is 0.182. The number of piperazine rings is 1. The zero-order chi connectivity index (χ0) is 19.3. The van der Waals surface area contributed by atoms with Gasteiger partial charge in [0.15, 0.2) is 0 Å². The predicted octanol–water partition coefficient (Wildman–Crippen LogP) is 4.44. The number of para-hydroxylation sites is 2. The molecule has 0 spiro atoms. The highest BCUT2D eigenvalue weighted by molar-refractivity contribution is 6.29. The van der Waals surface area contributed by atoms with Gasteiger partial charge in [0.05, 0.1) is 11.3 Å². The fourth-order valence-corrected chi connectivity index (χ4v) is 3.50. The molecule has 1 amide bonds. The van der Waals surface area contributed by atoms with Crippen molar-refractivity contribution in [1.82, 2.24) is 9.88 Å². The highest BCUT2D eigenvalue weighted by Crippen LogP contribution is 2.23. The largest absolute Gasteiger partial charge is 0.355 e. The maximum absolute atomic E-state index is 13.1.